The minimum absolute atomic E-state index is 0.00164. The lowest BCUT2D eigenvalue weighted by atomic mass is 9.96. The van der Waals surface area contributed by atoms with Crippen molar-refractivity contribution in [3.8, 4) is 17.1 Å². The van der Waals surface area contributed by atoms with Crippen LogP contribution in [-0.4, -0.2) is 10.7 Å². The fourth-order valence-corrected chi connectivity index (χ4v) is 5.83. The summed E-state index contributed by atoms with van der Waals surface area (Å²) in [4.78, 5) is 0. The maximum Gasteiger partial charge on any atom is 0.246 e. The summed E-state index contributed by atoms with van der Waals surface area (Å²) < 4.78 is 27.9. The van der Waals surface area contributed by atoms with E-state index in [2.05, 4.69) is 69.1 Å². The molecule has 3 aromatic carbocycles. The summed E-state index contributed by atoms with van der Waals surface area (Å²) in [6, 6.07) is 22.5. The highest BCUT2D eigenvalue weighted by molar-refractivity contribution is 9.11. The van der Waals surface area contributed by atoms with Crippen molar-refractivity contribution in [1.82, 2.24) is 5.01 Å². The van der Waals surface area contributed by atoms with E-state index in [4.69, 9.17) is 14.3 Å². The molecule has 7 heteroatoms. The van der Waals surface area contributed by atoms with Crippen LogP contribution in [0.1, 0.15) is 41.1 Å². The van der Waals surface area contributed by atoms with Crippen LogP contribution in [-0.2, 0) is 0 Å². The van der Waals surface area contributed by atoms with Gasteiger partial charge in [-0.2, -0.15) is 5.10 Å². The summed E-state index contributed by atoms with van der Waals surface area (Å²) in [6.45, 7) is 2.08. The van der Waals surface area contributed by atoms with Crippen LogP contribution in [0, 0.1) is 12.7 Å². The van der Waals surface area contributed by atoms with Gasteiger partial charge in [0, 0.05) is 22.0 Å². The van der Waals surface area contributed by atoms with Crippen LogP contribution in [0.15, 0.2) is 91.3 Å². The highest BCUT2D eigenvalue weighted by Crippen LogP contribution is 2.51. The minimum atomic E-state index is -0.535. The predicted molar refractivity (Wildman–Crippen MR) is 136 cm³/mol. The van der Waals surface area contributed by atoms with Gasteiger partial charge >= 0.3 is 0 Å². The third-order valence-electron chi connectivity index (χ3n) is 6.19. The quantitative estimate of drug-likeness (QED) is 0.245. The number of hydrazone groups is 1. The monoisotopic (exact) mass is 580 g/mol. The first kappa shape index (κ1) is 21.6. The Morgan fingerprint density at radius 2 is 1.68 bits per heavy atom. The van der Waals surface area contributed by atoms with Crippen molar-refractivity contribution >= 4 is 37.6 Å². The largest absolute Gasteiger partial charge is 0.460 e. The molecule has 4 aromatic rings. The van der Waals surface area contributed by atoms with E-state index in [1.807, 2.05) is 23.2 Å². The highest BCUT2D eigenvalue weighted by atomic mass is 79.9. The van der Waals surface area contributed by atoms with Gasteiger partial charge < -0.3 is 9.15 Å². The molecular weight excluding hydrogens is 563 g/mol. The number of aryl methyl sites for hydroxylation is 1. The van der Waals surface area contributed by atoms with Crippen molar-refractivity contribution in [3.63, 3.8) is 0 Å². The van der Waals surface area contributed by atoms with Gasteiger partial charge in [0.05, 0.1) is 16.2 Å². The van der Waals surface area contributed by atoms with E-state index in [-0.39, 0.29) is 11.9 Å². The molecule has 0 amide bonds. The number of hydrogen-bond acceptors (Lipinski definition) is 4. The third kappa shape index (κ3) is 3.77. The van der Waals surface area contributed by atoms with E-state index >= 15 is 0 Å². The predicted octanol–water partition coefficient (Wildman–Crippen LogP) is 8.16. The summed E-state index contributed by atoms with van der Waals surface area (Å²) in [5.41, 5.74) is 5.18. The number of rotatable bonds is 3. The maximum absolute atomic E-state index is 13.4. The summed E-state index contributed by atoms with van der Waals surface area (Å²) in [6.07, 6.45) is 0.219. The summed E-state index contributed by atoms with van der Waals surface area (Å²) in [5, 5.41) is 6.99. The molecule has 0 aliphatic carbocycles. The van der Waals surface area contributed by atoms with Gasteiger partial charge in [-0.15, -0.1) is 0 Å². The van der Waals surface area contributed by atoms with Crippen molar-refractivity contribution in [2.75, 3.05) is 0 Å². The Morgan fingerprint density at radius 1 is 0.941 bits per heavy atom. The normalized spacial score (nSPS) is 18.8. The van der Waals surface area contributed by atoms with Gasteiger partial charge in [0.1, 0.15) is 17.3 Å². The fourth-order valence-electron chi connectivity index (χ4n) is 4.48. The van der Waals surface area contributed by atoms with Crippen molar-refractivity contribution in [2.24, 2.45) is 5.10 Å². The Bertz CT molecular complexity index is 1410. The number of benzene rings is 3. The van der Waals surface area contributed by atoms with Gasteiger partial charge in [-0.25, -0.2) is 9.40 Å². The first-order valence-electron chi connectivity index (χ1n) is 10.9. The maximum atomic E-state index is 13.4. The second kappa shape index (κ2) is 8.40. The molecule has 0 saturated heterocycles. The summed E-state index contributed by atoms with van der Waals surface area (Å²) in [5.74, 6) is 1.79. The minimum Gasteiger partial charge on any atom is -0.460 e. The number of nitrogens with zero attached hydrogens (tertiary/aromatic N) is 2. The van der Waals surface area contributed by atoms with E-state index < -0.39 is 6.23 Å². The van der Waals surface area contributed by atoms with E-state index in [0.29, 0.717) is 11.5 Å². The van der Waals surface area contributed by atoms with Crippen LogP contribution in [0.5, 0.6) is 5.75 Å². The van der Waals surface area contributed by atoms with Gasteiger partial charge in [0.15, 0.2) is 5.76 Å². The first-order valence-corrected chi connectivity index (χ1v) is 12.5. The van der Waals surface area contributed by atoms with Crippen LogP contribution in [0.3, 0.4) is 0 Å². The summed E-state index contributed by atoms with van der Waals surface area (Å²) >= 11 is 7.28. The molecule has 6 rings (SSSR count). The van der Waals surface area contributed by atoms with Crippen molar-refractivity contribution in [2.45, 2.75) is 25.6 Å². The smallest absolute Gasteiger partial charge is 0.246 e. The second-order valence-corrected chi connectivity index (χ2v) is 10.3. The number of ether oxygens (including phenoxy) is 1. The SMILES string of the molecule is Cc1ccc(C2=NN3C(C2)c2cc(Br)cc(Br)c2OC3c2ccc(-c3ccc(F)cc3)o2)cc1. The summed E-state index contributed by atoms with van der Waals surface area (Å²) in [7, 11) is 0. The average Bonchev–Trinajstić information content (AvgIpc) is 3.48. The number of fused-ring (bicyclic) bond motifs is 3. The third-order valence-corrected chi connectivity index (χ3v) is 7.24. The van der Waals surface area contributed by atoms with Crippen molar-refractivity contribution in [1.29, 1.82) is 0 Å². The van der Waals surface area contributed by atoms with Crippen LogP contribution in [0.25, 0.3) is 11.3 Å². The molecule has 34 heavy (non-hydrogen) atoms. The van der Waals surface area contributed by atoms with Gasteiger partial charge in [0.2, 0.25) is 6.23 Å². The first-order chi connectivity index (χ1) is 16.5. The molecule has 0 bridgehead atoms. The van der Waals surface area contributed by atoms with Gasteiger partial charge in [-0.05, 0) is 76.9 Å². The van der Waals surface area contributed by atoms with Gasteiger partial charge in [-0.1, -0.05) is 45.8 Å². The van der Waals surface area contributed by atoms with Crippen LogP contribution >= 0.6 is 31.9 Å². The molecule has 2 unspecified atom stereocenters. The van der Waals surface area contributed by atoms with Crippen LogP contribution in [0.4, 0.5) is 4.39 Å². The Balaban J connectivity index is 1.43. The highest BCUT2D eigenvalue weighted by Gasteiger charge is 2.43. The van der Waals surface area contributed by atoms with Gasteiger partial charge in [0.25, 0.3) is 0 Å². The van der Waals surface area contributed by atoms with Crippen molar-refractivity contribution in [3.05, 3.63) is 110 Å². The molecule has 4 nitrogen and oxygen atoms in total. The molecule has 3 heterocycles. The molecule has 2 atom stereocenters. The molecule has 0 N–H and O–H groups in total. The van der Waals surface area contributed by atoms with Gasteiger partial charge in [-0.3, -0.25) is 0 Å². The number of hydrogen-bond donors (Lipinski definition) is 0. The Labute approximate surface area is 213 Å². The lowest BCUT2D eigenvalue weighted by Crippen LogP contribution is -2.33. The molecule has 0 spiro atoms. The molecule has 170 valence electrons. The topological polar surface area (TPSA) is 38.0 Å². The Kier molecular flexibility index (Phi) is 5.34. The molecule has 0 saturated carbocycles. The average molecular weight is 582 g/mol. The zero-order chi connectivity index (χ0) is 23.4. The van der Waals surface area contributed by atoms with Crippen molar-refractivity contribution < 1.29 is 13.5 Å². The van der Waals surface area contributed by atoms with Crippen LogP contribution in [0.2, 0.25) is 0 Å². The lowest BCUT2D eigenvalue weighted by Gasteiger charge is -2.37. The molecule has 0 radical (unpaired) electrons. The Morgan fingerprint density at radius 3 is 2.44 bits per heavy atom. The van der Waals surface area contributed by atoms with E-state index in [9.17, 15) is 4.39 Å². The van der Waals surface area contributed by atoms with Crippen LogP contribution < -0.4 is 4.74 Å². The number of furan rings is 1. The molecule has 2 aliphatic heterocycles. The van der Waals surface area contributed by atoms with E-state index in [0.717, 1.165) is 43.5 Å². The zero-order valence-electron chi connectivity index (χ0n) is 18.1. The van der Waals surface area contributed by atoms with E-state index in [1.54, 1.807) is 12.1 Å². The number of halogens is 3. The zero-order valence-corrected chi connectivity index (χ0v) is 21.3. The molecule has 0 fully saturated rings. The standard InChI is InChI=1S/C27H19Br2FN2O2/c1-15-2-4-16(5-3-15)22-14-23-20-12-18(28)13-21(29)26(20)34-27(32(23)31-22)25-11-10-24(33-25)17-6-8-19(30)9-7-17/h2-13,23,27H,14H2,1H3. The molecule has 2 aliphatic rings. The lowest BCUT2D eigenvalue weighted by molar-refractivity contribution is -0.0328. The fraction of sp³-hybridized carbons (Fsp3) is 0.148. The molecular formula is C27H19Br2FN2O2. The Hall–Kier alpha value is -2.90. The molecule has 1 aromatic heterocycles. The van der Waals surface area contributed by atoms with E-state index in [1.165, 1.54) is 17.7 Å². The second-order valence-electron chi connectivity index (χ2n) is 8.50.